The van der Waals surface area contributed by atoms with Crippen molar-refractivity contribution in [3.63, 3.8) is 0 Å². The number of methoxy groups -OCH3 is 2. The van der Waals surface area contributed by atoms with Gasteiger partial charge < -0.3 is 14.6 Å². The maximum atomic E-state index is 9.75. The third kappa shape index (κ3) is 1.52. The van der Waals surface area contributed by atoms with Crippen LogP contribution in [-0.2, 0) is 9.47 Å². The number of rotatable bonds is 2. The van der Waals surface area contributed by atoms with Crippen molar-refractivity contribution < 1.29 is 14.6 Å². The number of ether oxygens (including phenoxy) is 2. The van der Waals surface area contributed by atoms with E-state index in [-0.39, 0.29) is 5.92 Å². The van der Waals surface area contributed by atoms with Gasteiger partial charge in [0.05, 0.1) is 7.11 Å². The fourth-order valence-corrected chi connectivity index (χ4v) is 1.16. The van der Waals surface area contributed by atoms with Crippen LogP contribution in [0.15, 0.2) is 24.0 Å². The second-order valence-corrected chi connectivity index (χ2v) is 2.85. The van der Waals surface area contributed by atoms with Crippen LogP contribution in [0.4, 0.5) is 0 Å². The first-order valence-corrected chi connectivity index (χ1v) is 3.85. The second kappa shape index (κ2) is 3.29. The Labute approximate surface area is 72.3 Å². The summed E-state index contributed by atoms with van der Waals surface area (Å²) in [6.07, 6.45) is 5.11. The molecule has 3 nitrogen and oxygen atoms in total. The Morgan fingerprint density at radius 2 is 2.17 bits per heavy atom. The zero-order valence-electron chi connectivity index (χ0n) is 7.57. The van der Waals surface area contributed by atoms with E-state index in [4.69, 9.17) is 9.47 Å². The predicted octanol–water partition coefficient (Wildman–Crippen LogP) is 1.06. The van der Waals surface area contributed by atoms with E-state index in [2.05, 4.69) is 0 Å². The van der Waals surface area contributed by atoms with E-state index < -0.39 is 5.79 Å². The number of aliphatic hydroxyl groups is 1. The van der Waals surface area contributed by atoms with Gasteiger partial charge in [-0.3, -0.25) is 0 Å². The van der Waals surface area contributed by atoms with Crippen molar-refractivity contribution in [2.45, 2.75) is 12.7 Å². The lowest BCUT2D eigenvalue weighted by Crippen LogP contribution is -2.37. The van der Waals surface area contributed by atoms with Gasteiger partial charge in [0, 0.05) is 13.0 Å². The summed E-state index contributed by atoms with van der Waals surface area (Å²) in [4.78, 5) is 0. The van der Waals surface area contributed by atoms with Gasteiger partial charge in [0.25, 0.3) is 0 Å². The van der Waals surface area contributed by atoms with E-state index in [9.17, 15) is 5.11 Å². The molecule has 0 saturated heterocycles. The summed E-state index contributed by atoms with van der Waals surface area (Å²) in [5.74, 6) is -0.520. The fraction of sp³-hybridized carbons (Fsp3) is 0.556. The fourth-order valence-electron chi connectivity index (χ4n) is 1.16. The molecule has 0 heterocycles. The largest absolute Gasteiger partial charge is 0.497 e. The van der Waals surface area contributed by atoms with Crippen LogP contribution in [0.25, 0.3) is 0 Å². The SMILES string of the molecule is COC1=CC(C)C(O)(OC)C=C1. The topological polar surface area (TPSA) is 38.7 Å². The molecule has 0 saturated carbocycles. The lowest BCUT2D eigenvalue weighted by molar-refractivity contribution is -0.170. The molecule has 0 radical (unpaired) electrons. The van der Waals surface area contributed by atoms with Crippen molar-refractivity contribution in [3.05, 3.63) is 24.0 Å². The lowest BCUT2D eigenvalue weighted by Gasteiger charge is -2.30. The Hall–Kier alpha value is -0.800. The highest BCUT2D eigenvalue weighted by Gasteiger charge is 2.32. The van der Waals surface area contributed by atoms with E-state index >= 15 is 0 Å². The van der Waals surface area contributed by atoms with Gasteiger partial charge in [0.15, 0.2) is 5.79 Å². The van der Waals surface area contributed by atoms with Gasteiger partial charge in [-0.2, -0.15) is 0 Å². The Bertz CT molecular complexity index is 220. The van der Waals surface area contributed by atoms with Crippen molar-refractivity contribution in [2.24, 2.45) is 5.92 Å². The third-order valence-corrected chi connectivity index (χ3v) is 2.12. The van der Waals surface area contributed by atoms with Gasteiger partial charge in [-0.15, -0.1) is 0 Å². The quantitative estimate of drug-likeness (QED) is 0.630. The molecule has 1 rings (SSSR count). The molecule has 2 atom stereocenters. The monoisotopic (exact) mass is 170 g/mol. The molecule has 68 valence electrons. The minimum atomic E-state index is -1.18. The normalized spacial score (nSPS) is 34.7. The highest BCUT2D eigenvalue weighted by Crippen LogP contribution is 2.27. The molecule has 3 heteroatoms. The first-order chi connectivity index (χ1) is 5.62. The zero-order chi connectivity index (χ0) is 9.19. The van der Waals surface area contributed by atoms with Gasteiger partial charge >= 0.3 is 0 Å². The van der Waals surface area contributed by atoms with Crippen LogP contribution in [0.2, 0.25) is 0 Å². The van der Waals surface area contributed by atoms with Crippen LogP contribution in [0.1, 0.15) is 6.92 Å². The standard InChI is InChI=1S/C9H14O3/c1-7-6-8(11-2)4-5-9(7,10)12-3/h4-7,10H,1-3H3. The summed E-state index contributed by atoms with van der Waals surface area (Å²) in [6.45, 7) is 1.87. The van der Waals surface area contributed by atoms with E-state index in [1.165, 1.54) is 7.11 Å². The third-order valence-electron chi connectivity index (χ3n) is 2.12. The average molecular weight is 170 g/mol. The van der Waals surface area contributed by atoms with Crippen molar-refractivity contribution in [1.82, 2.24) is 0 Å². The molecular formula is C9H14O3. The Kier molecular flexibility index (Phi) is 2.55. The van der Waals surface area contributed by atoms with Crippen molar-refractivity contribution in [1.29, 1.82) is 0 Å². The maximum Gasteiger partial charge on any atom is 0.191 e. The summed E-state index contributed by atoms with van der Waals surface area (Å²) in [7, 11) is 3.08. The molecule has 0 fully saturated rings. The summed E-state index contributed by atoms with van der Waals surface area (Å²) >= 11 is 0. The predicted molar refractivity (Wildman–Crippen MR) is 45.4 cm³/mol. The molecular weight excluding hydrogens is 156 g/mol. The van der Waals surface area contributed by atoms with Crippen molar-refractivity contribution in [3.8, 4) is 0 Å². The van der Waals surface area contributed by atoms with Crippen LogP contribution in [-0.4, -0.2) is 25.1 Å². The minimum Gasteiger partial charge on any atom is -0.497 e. The second-order valence-electron chi connectivity index (χ2n) is 2.85. The van der Waals surface area contributed by atoms with Crippen LogP contribution in [0.3, 0.4) is 0 Å². The summed E-state index contributed by atoms with van der Waals surface area (Å²) in [5, 5.41) is 9.75. The molecule has 1 aliphatic rings. The molecule has 0 amide bonds. The number of hydrogen-bond donors (Lipinski definition) is 1. The molecule has 2 unspecified atom stereocenters. The Morgan fingerprint density at radius 3 is 2.58 bits per heavy atom. The summed E-state index contributed by atoms with van der Waals surface area (Å²) in [6, 6.07) is 0. The highest BCUT2D eigenvalue weighted by molar-refractivity contribution is 5.23. The minimum absolute atomic E-state index is 0.0950. The van der Waals surface area contributed by atoms with Crippen molar-refractivity contribution in [2.75, 3.05) is 14.2 Å². The van der Waals surface area contributed by atoms with Gasteiger partial charge in [0.2, 0.25) is 0 Å². The maximum absolute atomic E-state index is 9.75. The molecule has 0 aromatic heterocycles. The Balaban J connectivity index is 2.81. The molecule has 12 heavy (non-hydrogen) atoms. The van der Waals surface area contributed by atoms with E-state index in [1.54, 1.807) is 19.3 Å². The molecule has 1 aliphatic carbocycles. The van der Waals surface area contributed by atoms with Crippen LogP contribution in [0, 0.1) is 5.92 Å². The number of allylic oxidation sites excluding steroid dienone is 1. The first-order valence-electron chi connectivity index (χ1n) is 3.85. The molecule has 0 aromatic carbocycles. The molecule has 0 aromatic rings. The van der Waals surface area contributed by atoms with Gasteiger partial charge in [-0.25, -0.2) is 0 Å². The van der Waals surface area contributed by atoms with Gasteiger partial charge in [0.1, 0.15) is 5.76 Å². The van der Waals surface area contributed by atoms with Crippen LogP contribution >= 0.6 is 0 Å². The summed E-state index contributed by atoms with van der Waals surface area (Å²) in [5.41, 5.74) is 0. The highest BCUT2D eigenvalue weighted by atomic mass is 16.6. The molecule has 0 aliphatic heterocycles. The summed E-state index contributed by atoms with van der Waals surface area (Å²) < 4.78 is 9.96. The molecule has 0 spiro atoms. The van der Waals surface area contributed by atoms with E-state index in [0.717, 1.165) is 5.76 Å². The zero-order valence-corrected chi connectivity index (χ0v) is 7.57. The van der Waals surface area contributed by atoms with Crippen LogP contribution < -0.4 is 0 Å². The van der Waals surface area contributed by atoms with E-state index in [1.807, 2.05) is 13.0 Å². The Morgan fingerprint density at radius 1 is 1.50 bits per heavy atom. The van der Waals surface area contributed by atoms with Crippen molar-refractivity contribution >= 4 is 0 Å². The molecule has 1 N–H and O–H groups in total. The van der Waals surface area contributed by atoms with Crippen LogP contribution in [0.5, 0.6) is 0 Å². The lowest BCUT2D eigenvalue weighted by atomic mass is 9.95. The van der Waals surface area contributed by atoms with E-state index in [0.29, 0.717) is 0 Å². The van der Waals surface area contributed by atoms with Gasteiger partial charge in [-0.1, -0.05) is 6.92 Å². The smallest absolute Gasteiger partial charge is 0.191 e. The molecule has 0 bridgehead atoms. The first kappa shape index (κ1) is 9.29. The number of hydrogen-bond acceptors (Lipinski definition) is 3. The average Bonchev–Trinajstić information content (AvgIpc) is 2.10. The van der Waals surface area contributed by atoms with Gasteiger partial charge in [-0.05, 0) is 18.2 Å².